The zero-order chi connectivity index (χ0) is 17.2. The third-order valence-electron chi connectivity index (χ3n) is 2.65. The second-order valence-electron chi connectivity index (χ2n) is 4.39. The highest BCUT2D eigenvalue weighted by Gasteiger charge is 2.43. The molecule has 0 fully saturated rings. The Morgan fingerprint density at radius 1 is 1.27 bits per heavy atom. The molecule has 0 N–H and O–H groups in total. The van der Waals surface area contributed by atoms with Gasteiger partial charge >= 0.3 is 17.9 Å². The number of nitriles is 1. The van der Waals surface area contributed by atoms with Gasteiger partial charge in [0.25, 0.3) is 0 Å². The third-order valence-corrected chi connectivity index (χ3v) is 3.23. The van der Waals surface area contributed by atoms with Crippen molar-refractivity contribution in [2.75, 3.05) is 0 Å². The van der Waals surface area contributed by atoms with Crippen molar-refractivity contribution < 1.29 is 26.3 Å². The van der Waals surface area contributed by atoms with Crippen molar-refractivity contribution in [3.8, 4) is 6.07 Å². The molecule has 0 radical (unpaired) electrons. The fourth-order valence-electron chi connectivity index (χ4n) is 1.57. The number of nitrogens with zero attached hydrogens (tertiary/aromatic N) is 4. The minimum absolute atomic E-state index is 0.423. The lowest BCUT2D eigenvalue weighted by molar-refractivity contribution is -0.142. The first-order chi connectivity index (χ1) is 9.92. The van der Waals surface area contributed by atoms with E-state index in [1.807, 2.05) is 0 Å². The molecule has 1 atom stereocenters. The molecule has 22 heavy (non-hydrogen) atoms. The maximum absolute atomic E-state index is 12.6. The van der Waals surface area contributed by atoms with E-state index < -0.39 is 47.4 Å². The Kier molecular flexibility index (Phi) is 5.13. The number of aromatic nitrogens is 2. The summed E-state index contributed by atoms with van der Waals surface area (Å²) >= 11 is 2.63. The van der Waals surface area contributed by atoms with E-state index in [9.17, 15) is 26.3 Å². The highest BCUT2D eigenvalue weighted by Crippen LogP contribution is 2.34. The van der Waals surface area contributed by atoms with E-state index in [2.05, 4.69) is 25.9 Å². The predicted octanol–water partition coefficient (Wildman–Crippen LogP) is 4.19. The second kappa shape index (κ2) is 6.16. The van der Waals surface area contributed by atoms with E-state index in [1.165, 1.54) is 6.07 Å². The van der Waals surface area contributed by atoms with Crippen molar-refractivity contribution >= 4 is 15.9 Å². The van der Waals surface area contributed by atoms with Crippen molar-refractivity contribution in [2.24, 2.45) is 0 Å². The largest absolute Gasteiger partial charge is 0.436 e. The monoisotopic (exact) mass is 388 g/mol. The summed E-state index contributed by atoms with van der Waals surface area (Å²) in [6.07, 6.45) is -10.7. The molecule has 0 saturated heterocycles. The standard InChI is InChI=1S/C11H7BrF6N4/c1-20-9(5-19,2-3-10(13,14)15)6-22-4-7(12)8(21-22)11(16,17)18/h4H,2-3,6H2. The number of hydrogen-bond donors (Lipinski definition) is 0. The average Bonchev–Trinajstić information content (AvgIpc) is 2.74. The third kappa shape index (κ3) is 4.63. The van der Waals surface area contributed by atoms with E-state index >= 15 is 0 Å². The Morgan fingerprint density at radius 2 is 1.86 bits per heavy atom. The van der Waals surface area contributed by atoms with Crippen molar-refractivity contribution in [1.82, 2.24) is 9.78 Å². The molecule has 1 heterocycles. The van der Waals surface area contributed by atoms with Crippen LogP contribution in [0.1, 0.15) is 18.5 Å². The molecule has 0 aliphatic heterocycles. The molecule has 4 nitrogen and oxygen atoms in total. The number of hydrogen-bond acceptors (Lipinski definition) is 2. The molecule has 1 aromatic rings. The van der Waals surface area contributed by atoms with Gasteiger partial charge in [0.1, 0.15) is 6.54 Å². The van der Waals surface area contributed by atoms with Crippen molar-refractivity contribution in [3.63, 3.8) is 0 Å². The van der Waals surface area contributed by atoms with Crippen molar-refractivity contribution in [2.45, 2.75) is 37.3 Å². The highest BCUT2D eigenvalue weighted by molar-refractivity contribution is 9.10. The van der Waals surface area contributed by atoms with Crippen LogP contribution in [0.5, 0.6) is 0 Å². The van der Waals surface area contributed by atoms with Crippen LogP contribution in [0.15, 0.2) is 10.7 Å². The second-order valence-corrected chi connectivity index (χ2v) is 5.25. The fraction of sp³-hybridized carbons (Fsp3) is 0.545. The minimum atomic E-state index is -4.76. The van der Waals surface area contributed by atoms with Gasteiger partial charge in [0.15, 0.2) is 11.8 Å². The van der Waals surface area contributed by atoms with Crippen LogP contribution in [0, 0.1) is 17.9 Å². The SMILES string of the molecule is [C-]#[N+]C(C#N)(CCC(F)(F)F)Cn1cc(Br)c(C(F)(F)F)n1. The van der Waals surface area contributed by atoms with Gasteiger partial charge in [0, 0.05) is 6.20 Å². The molecule has 0 aliphatic carbocycles. The molecule has 1 aromatic heterocycles. The predicted molar refractivity (Wildman–Crippen MR) is 65.2 cm³/mol. The summed E-state index contributed by atoms with van der Waals surface area (Å²) in [5.41, 5.74) is -3.41. The Labute approximate surface area is 129 Å². The summed E-state index contributed by atoms with van der Waals surface area (Å²) in [7, 11) is 0. The normalized spacial score (nSPS) is 15.0. The first-order valence-corrected chi connectivity index (χ1v) is 6.38. The van der Waals surface area contributed by atoms with E-state index in [4.69, 9.17) is 11.8 Å². The minimum Gasteiger partial charge on any atom is -0.292 e. The average molecular weight is 389 g/mol. The van der Waals surface area contributed by atoms with Gasteiger partial charge in [-0.25, -0.2) is 6.57 Å². The quantitative estimate of drug-likeness (QED) is 0.573. The molecule has 0 bridgehead atoms. The van der Waals surface area contributed by atoms with Gasteiger partial charge < -0.3 is 0 Å². The summed E-state index contributed by atoms with van der Waals surface area (Å²) in [6, 6.07) is 1.44. The number of alkyl halides is 6. The lowest BCUT2D eigenvalue weighted by atomic mass is 9.96. The molecule has 11 heteroatoms. The molecule has 120 valence electrons. The topological polar surface area (TPSA) is 46.0 Å². The lowest BCUT2D eigenvalue weighted by Gasteiger charge is -2.15. The lowest BCUT2D eigenvalue weighted by Crippen LogP contribution is -2.31. The number of rotatable bonds is 4. The molecule has 0 amide bonds. The maximum Gasteiger partial charge on any atom is 0.436 e. The van der Waals surface area contributed by atoms with Crippen LogP contribution in [-0.2, 0) is 12.7 Å². The maximum atomic E-state index is 12.6. The molecule has 1 rings (SSSR count). The van der Waals surface area contributed by atoms with Crippen molar-refractivity contribution in [3.05, 3.63) is 27.8 Å². The van der Waals surface area contributed by atoms with Gasteiger partial charge in [-0.15, -0.1) is 0 Å². The van der Waals surface area contributed by atoms with E-state index in [0.717, 1.165) is 6.20 Å². The van der Waals surface area contributed by atoms with Crippen LogP contribution in [0.2, 0.25) is 0 Å². The van der Waals surface area contributed by atoms with Gasteiger partial charge in [0.05, 0.1) is 17.3 Å². The van der Waals surface area contributed by atoms with Crippen LogP contribution in [-0.4, -0.2) is 21.5 Å². The molecule has 0 aliphatic rings. The summed E-state index contributed by atoms with van der Waals surface area (Å²) < 4.78 is 74.7. The summed E-state index contributed by atoms with van der Waals surface area (Å²) in [5.74, 6) is 0. The summed E-state index contributed by atoms with van der Waals surface area (Å²) in [5, 5.41) is 12.1. The van der Waals surface area contributed by atoms with E-state index in [1.54, 1.807) is 0 Å². The van der Waals surface area contributed by atoms with Crippen LogP contribution in [0.3, 0.4) is 0 Å². The van der Waals surface area contributed by atoms with E-state index in [0.29, 0.717) is 4.68 Å². The Hall–Kier alpha value is -1.75. The Morgan fingerprint density at radius 3 is 2.23 bits per heavy atom. The van der Waals surface area contributed by atoms with E-state index in [-0.39, 0.29) is 0 Å². The smallest absolute Gasteiger partial charge is 0.292 e. The van der Waals surface area contributed by atoms with Crippen LogP contribution >= 0.6 is 15.9 Å². The zero-order valence-electron chi connectivity index (χ0n) is 10.6. The Bertz CT molecular complexity index is 604. The first kappa shape index (κ1) is 18.3. The fourth-order valence-corrected chi connectivity index (χ4v) is 2.11. The number of halogens is 7. The molecular weight excluding hydrogens is 382 g/mol. The van der Waals surface area contributed by atoms with Gasteiger partial charge in [-0.1, -0.05) is 0 Å². The van der Waals surface area contributed by atoms with Gasteiger partial charge in [-0.2, -0.15) is 36.7 Å². The van der Waals surface area contributed by atoms with Crippen molar-refractivity contribution in [1.29, 1.82) is 5.26 Å². The van der Waals surface area contributed by atoms with Crippen LogP contribution in [0.25, 0.3) is 4.85 Å². The first-order valence-electron chi connectivity index (χ1n) is 5.59. The van der Waals surface area contributed by atoms with Crippen LogP contribution in [0.4, 0.5) is 26.3 Å². The zero-order valence-corrected chi connectivity index (χ0v) is 12.2. The Balaban J connectivity index is 3.03. The molecule has 0 aromatic carbocycles. The van der Waals surface area contributed by atoms with Gasteiger partial charge in [-0.05, 0) is 15.9 Å². The molecule has 0 spiro atoms. The molecular formula is C11H7BrF6N4. The molecule has 0 saturated carbocycles. The van der Waals surface area contributed by atoms with Gasteiger partial charge in [0.2, 0.25) is 0 Å². The van der Waals surface area contributed by atoms with Gasteiger partial charge in [-0.3, -0.25) is 9.53 Å². The summed E-state index contributed by atoms with van der Waals surface area (Å²) in [6.45, 7) is 6.21. The summed E-state index contributed by atoms with van der Waals surface area (Å²) in [4.78, 5) is 2.87. The highest BCUT2D eigenvalue weighted by atomic mass is 79.9. The molecule has 1 unspecified atom stereocenters. The van der Waals surface area contributed by atoms with Crippen LogP contribution < -0.4 is 0 Å².